The summed E-state index contributed by atoms with van der Waals surface area (Å²) < 4.78 is 33.4. The molecule has 0 radical (unpaired) electrons. The third-order valence-corrected chi connectivity index (χ3v) is 11.3. The first-order valence-corrected chi connectivity index (χ1v) is 25.0. The largest absolute Gasteiger partial charge is 0.472 e. The molecule has 1 fully saturated rings. The van der Waals surface area contributed by atoms with Crippen molar-refractivity contribution in [1.82, 2.24) is 0 Å². The summed E-state index contributed by atoms with van der Waals surface area (Å²) in [7, 11) is -5.17. The van der Waals surface area contributed by atoms with Crippen LogP contribution in [0.5, 0.6) is 0 Å². The van der Waals surface area contributed by atoms with E-state index in [2.05, 4.69) is 62.5 Å². The summed E-state index contributed by atoms with van der Waals surface area (Å²) in [5.74, 6) is -1.30. The molecule has 1 aliphatic rings. The number of hydrogen-bond acceptors (Lipinski definition) is 13. The number of carbonyl (C=O) groups excluding carboxylic acids is 2. The van der Waals surface area contributed by atoms with Crippen molar-refractivity contribution in [1.29, 1.82) is 0 Å². The van der Waals surface area contributed by atoms with E-state index in [1.807, 2.05) is 12.2 Å². The molecule has 0 aromatic rings. The summed E-state index contributed by atoms with van der Waals surface area (Å²) in [6, 6.07) is 0. The summed E-state index contributed by atoms with van der Waals surface area (Å²) in [5.41, 5.74) is 0. The summed E-state index contributed by atoms with van der Waals surface area (Å²) in [4.78, 5) is 35.7. The molecule has 0 aliphatic heterocycles. The maximum atomic E-state index is 12.8. The Morgan fingerprint density at radius 2 is 1.11 bits per heavy atom. The van der Waals surface area contributed by atoms with Crippen molar-refractivity contribution in [2.24, 2.45) is 0 Å². The highest BCUT2D eigenvalue weighted by molar-refractivity contribution is 7.47. The maximum absolute atomic E-state index is 12.8. The molecule has 14 nitrogen and oxygen atoms in total. The topological polar surface area (TPSA) is 230 Å². The van der Waals surface area contributed by atoms with Crippen LogP contribution < -0.4 is 0 Å². The number of hydrogen-bond donors (Lipinski definition) is 7. The van der Waals surface area contributed by atoms with Crippen LogP contribution in [0.1, 0.15) is 149 Å². The number of ether oxygens (including phenoxy) is 2. The Labute approximate surface area is 382 Å². The molecule has 1 rings (SSSR count). The number of phosphoric acid groups is 1. The van der Waals surface area contributed by atoms with Crippen LogP contribution in [-0.2, 0) is 32.7 Å². The van der Waals surface area contributed by atoms with Gasteiger partial charge in [0, 0.05) is 12.8 Å². The Morgan fingerprint density at radius 1 is 0.578 bits per heavy atom. The van der Waals surface area contributed by atoms with E-state index in [-0.39, 0.29) is 19.3 Å². The van der Waals surface area contributed by atoms with Gasteiger partial charge in [-0.15, -0.1) is 0 Å². The Hall–Kier alpha value is -3.01. The molecule has 7 N–H and O–H groups in total. The molecule has 0 amide bonds. The van der Waals surface area contributed by atoms with Gasteiger partial charge in [-0.25, -0.2) is 4.57 Å². The van der Waals surface area contributed by atoms with E-state index in [9.17, 15) is 49.7 Å². The van der Waals surface area contributed by atoms with Gasteiger partial charge in [-0.3, -0.25) is 18.6 Å². The van der Waals surface area contributed by atoms with Crippen LogP contribution in [0.3, 0.4) is 0 Å². The zero-order chi connectivity index (χ0) is 47.3. The molecule has 15 heteroatoms. The predicted octanol–water partition coefficient (Wildman–Crippen LogP) is 8.25. The van der Waals surface area contributed by atoms with Crippen molar-refractivity contribution in [3.05, 3.63) is 85.1 Å². The van der Waals surface area contributed by atoms with Gasteiger partial charge in [-0.2, -0.15) is 0 Å². The molecule has 9 atom stereocenters. The predicted molar refractivity (Wildman–Crippen MR) is 250 cm³/mol. The molecular weight excluding hydrogens is 843 g/mol. The number of aliphatic hydroxyl groups excluding tert-OH is 6. The number of carbonyl (C=O) groups is 2. The fraction of sp³-hybridized carbons (Fsp3) is 0.673. The molecule has 366 valence electrons. The van der Waals surface area contributed by atoms with Crippen LogP contribution in [0.15, 0.2) is 85.1 Å². The molecule has 0 spiro atoms. The van der Waals surface area contributed by atoms with E-state index >= 15 is 0 Å². The first-order valence-electron chi connectivity index (χ1n) is 23.5. The fourth-order valence-electron chi connectivity index (χ4n) is 6.51. The summed E-state index contributed by atoms with van der Waals surface area (Å²) >= 11 is 0. The number of phosphoric ester groups is 1. The van der Waals surface area contributed by atoms with Crippen LogP contribution in [-0.4, -0.2) is 110 Å². The smallest absolute Gasteiger partial charge is 0.462 e. The zero-order valence-corrected chi connectivity index (χ0v) is 39.3. The van der Waals surface area contributed by atoms with Crippen molar-refractivity contribution in [3.63, 3.8) is 0 Å². The minimum atomic E-state index is -5.17. The zero-order valence-electron chi connectivity index (χ0n) is 38.4. The number of rotatable bonds is 37. The van der Waals surface area contributed by atoms with Gasteiger partial charge in [0.2, 0.25) is 0 Å². The van der Waals surface area contributed by atoms with Gasteiger partial charge in [0.15, 0.2) is 6.10 Å². The van der Waals surface area contributed by atoms with Crippen LogP contribution in [0.2, 0.25) is 0 Å². The Bertz CT molecular complexity index is 1460. The molecule has 4 unspecified atom stereocenters. The number of unbranched alkanes of at least 4 members (excludes halogenated alkanes) is 11. The summed E-state index contributed by atoms with van der Waals surface area (Å²) in [6.45, 7) is 3.01. The molecular formula is C49H81O14P. The van der Waals surface area contributed by atoms with Gasteiger partial charge < -0.3 is 45.0 Å². The van der Waals surface area contributed by atoms with E-state index in [1.165, 1.54) is 38.5 Å². The average Bonchev–Trinajstić information content (AvgIpc) is 3.27. The lowest BCUT2D eigenvalue weighted by molar-refractivity contribution is -0.220. The second-order valence-electron chi connectivity index (χ2n) is 16.1. The molecule has 0 heterocycles. The Balaban J connectivity index is 2.57. The Morgan fingerprint density at radius 3 is 1.72 bits per heavy atom. The van der Waals surface area contributed by atoms with Gasteiger partial charge in [0.1, 0.15) is 43.2 Å². The number of allylic oxidation sites excluding steroid dienone is 12. The number of esters is 2. The highest BCUT2D eigenvalue weighted by Gasteiger charge is 2.51. The van der Waals surface area contributed by atoms with E-state index in [4.69, 9.17) is 18.5 Å². The Kier molecular flexibility index (Phi) is 35.2. The molecule has 1 saturated carbocycles. The lowest BCUT2D eigenvalue weighted by Gasteiger charge is -2.41. The van der Waals surface area contributed by atoms with Crippen LogP contribution in [0.4, 0.5) is 0 Å². The van der Waals surface area contributed by atoms with Crippen LogP contribution in [0.25, 0.3) is 0 Å². The first kappa shape index (κ1) is 59.0. The molecule has 0 bridgehead atoms. The average molecular weight is 925 g/mol. The van der Waals surface area contributed by atoms with Crippen molar-refractivity contribution < 1.29 is 68.2 Å². The minimum absolute atomic E-state index is 0.115. The third-order valence-electron chi connectivity index (χ3n) is 10.3. The molecule has 1 aliphatic carbocycles. The van der Waals surface area contributed by atoms with E-state index < -0.39 is 81.8 Å². The highest BCUT2D eigenvalue weighted by atomic mass is 31.2. The van der Waals surface area contributed by atoms with Crippen molar-refractivity contribution in [2.45, 2.75) is 198 Å². The molecule has 0 aromatic heterocycles. The van der Waals surface area contributed by atoms with Crippen molar-refractivity contribution >= 4 is 19.8 Å². The highest BCUT2D eigenvalue weighted by Crippen LogP contribution is 2.47. The second kappa shape index (κ2) is 38.1. The first-order chi connectivity index (χ1) is 30.8. The van der Waals surface area contributed by atoms with E-state index in [0.717, 1.165) is 64.2 Å². The van der Waals surface area contributed by atoms with Gasteiger partial charge in [-0.1, -0.05) is 150 Å². The lowest BCUT2D eigenvalue weighted by Crippen LogP contribution is -2.64. The van der Waals surface area contributed by atoms with Crippen LogP contribution in [0, 0.1) is 0 Å². The van der Waals surface area contributed by atoms with Gasteiger partial charge >= 0.3 is 19.8 Å². The van der Waals surface area contributed by atoms with Crippen LogP contribution >= 0.6 is 7.82 Å². The second-order valence-corrected chi connectivity index (χ2v) is 17.5. The van der Waals surface area contributed by atoms with Crippen molar-refractivity contribution in [2.75, 3.05) is 13.2 Å². The van der Waals surface area contributed by atoms with Crippen molar-refractivity contribution in [3.8, 4) is 0 Å². The van der Waals surface area contributed by atoms with Gasteiger partial charge in [0.05, 0.1) is 12.7 Å². The fourth-order valence-corrected chi connectivity index (χ4v) is 7.48. The lowest BCUT2D eigenvalue weighted by atomic mass is 9.85. The summed E-state index contributed by atoms with van der Waals surface area (Å²) in [5, 5.41) is 60.4. The van der Waals surface area contributed by atoms with E-state index in [1.54, 1.807) is 24.3 Å². The van der Waals surface area contributed by atoms with Gasteiger partial charge in [-0.05, 0) is 70.6 Å². The third kappa shape index (κ3) is 30.2. The standard InChI is InChI=1S/C49H81O14P/c1-3-5-7-9-11-13-15-17-18-20-22-24-26-28-32-36-42(51)60-38-41(39-61-64(58,59)63-49-47(56)45(54)44(53)46(55)48(49)57)62-43(52)37-33-29-31-35-40(50)34-30-27-25-23-21-19-16-14-12-10-8-6-4-2/h6,8,12,14,17-19,21,25,27,29-31,34,40-41,44-50,53-57H,3-5,7,9-11,13,15-16,20,22-24,26,28,32-33,35-39H2,1-2H3,(H,58,59)/b8-6-,14-12-,18-17-,21-19-,27-25-,31-29-,34-30-/t40?,41-,44?,45-,46+,47-,48-,49?/m1/s1. The summed E-state index contributed by atoms with van der Waals surface area (Å²) in [6.07, 6.45) is 32.3. The maximum Gasteiger partial charge on any atom is 0.472 e. The number of aliphatic hydroxyl groups is 6. The molecule has 0 saturated heterocycles. The normalized spacial score (nSPS) is 22.8. The van der Waals surface area contributed by atoms with Gasteiger partial charge in [0.25, 0.3) is 0 Å². The molecule has 0 aromatic carbocycles. The minimum Gasteiger partial charge on any atom is -0.462 e. The quantitative estimate of drug-likeness (QED) is 0.0102. The van der Waals surface area contributed by atoms with E-state index in [0.29, 0.717) is 12.8 Å². The SMILES string of the molecule is CC/C=C\C/C=C\C/C=C\C/C=C\C=C/C(O)C/C=C\CCC(=O)O[C@H](COC(=O)CCCCCCC/C=C\CCCCCCCC)COP(=O)(O)OC1[C@H](O)[C@H](O)C(O)[C@H](O)[C@H]1O. The molecule has 64 heavy (non-hydrogen) atoms. The monoisotopic (exact) mass is 925 g/mol.